The molecule has 3 fully saturated rings. The van der Waals surface area contributed by atoms with Gasteiger partial charge in [-0.25, -0.2) is 12.8 Å². The normalized spacial score (nSPS) is 30.0. The van der Waals surface area contributed by atoms with Crippen LogP contribution in [0.5, 0.6) is 0 Å². The number of sulfonamides is 1. The zero-order chi connectivity index (χ0) is 17.6. The third-order valence-corrected chi connectivity index (χ3v) is 7.16. The molecule has 0 spiro atoms. The second kappa shape index (κ2) is 6.34. The van der Waals surface area contributed by atoms with E-state index in [0.717, 1.165) is 38.1 Å². The smallest absolute Gasteiger partial charge is 0.243 e. The van der Waals surface area contributed by atoms with Gasteiger partial charge in [-0.2, -0.15) is 4.31 Å². The number of hydrogen-bond donors (Lipinski definition) is 0. The van der Waals surface area contributed by atoms with E-state index in [1.807, 2.05) is 4.90 Å². The van der Waals surface area contributed by atoms with E-state index in [9.17, 15) is 17.6 Å². The van der Waals surface area contributed by atoms with Gasteiger partial charge < -0.3 is 9.64 Å². The van der Waals surface area contributed by atoms with E-state index in [2.05, 4.69) is 0 Å². The lowest BCUT2D eigenvalue weighted by Crippen LogP contribution is -2.48. The van der Waals surface area contributed by atoms with Gasteiger partial charge in [0.1, 0.15) is 5.82 Å². The largest absolute Gasteiger partial charge is 0.371 e. The molecule has 3 atom stereocenters. The molecule has 0 unspecified atom stereocenters. The van der Waals surface area contributed by atoms with Gasteiger partial charge in [-0.3, -0.25) is 4.79 Å². The summed E-state index contributed by atoms with van der Waals surface area (Å²) in [6.07, 6.45) is 1.96. The highest BCUT2D eigenvalue weighted by Gasteiger charge is 2.48. The molecule has 1 amide bonds. The molecule has 2 bridgehead atoms. The van der Waals surface area contributed by atoms with Crippen molar-refractivity contribution >= 4 is 15.9 Å². The molecule has 25 heavy (non-hydrogen) atoms. The molecule has 0 saturated carbocycles. The first-order valence-corrected chi connectivity index (χ1v) is 10.1. The summed E-state index contributed by atoms with van der Waals surface area (Å²) in [6, 6.07) is 4.83. The number of ether oxygens (including phenoxy) is 1. The minimum Gasteiger partial charge on any atom is -0.371 e. The minimum absolute atomic E-state index is 0.0672. The monoisotopic (exact) mass is 368 g/mol. The lowest BCUT2D eigenvalue weighted by Gasteiger charge is -2.32. The molecule has 0 aromatic heterocycles. The second-order valence-electron chi connectivity index (χ2n) is 6.95. The Morgan fingerprint density at radius 1 is 1.12 bits per heavy atom. The Labute approximate surface area is 146 Å². The summed E-state index contributed by atoms with van der Waals surface area (Å²) in [5, 5.41) is 0. The van der Waals surface area contributed by atoms with Gasteiger partial charge in [0.2, 0.25) is 15.9 Å². The van der Waals surface area contributed by atoms with Crippen LogP contribution in [0.2, 0.25) is 0 Å². The fraction of sp³-hybridized carbons (Fsp3) is 0.588. The number of hydrogen-bond acceptors (Lipinski definition) is 4. The first-order chi connectivity index (χ1) is 11.9. The Balaban J connectivity index is 1.51. The molecule has 6 nitrogen and oxygen atoms in total. The van der Waals surface area contributed by atoms with Gasteiger partial charge in [0.25, 0.3) is 0 Å². The number of halogens is 1. The van der Waals surface area contributed by atoms with Crippen LogP contribution in [-0.2, 0) is 19.6 Å². The van der Waals surface area contributed by atoms with Crippen LogP contribution in [0.25, 0.3) is 0 Å². The summed E-state index contributed by atoms with van der Waals surface area (Å²) in [5.74, 6) is -0.653. The third kappa shape index (κ3) is 3.07. The maximum atomic E-state index is 13.1. The van der Waals surface area contributed by atoms with Crippen LogP contribution in [0.3, 0.4) is 0 Å². The van der Waals surface area contributed by atoms with Crippen LogP contribution >= 0.6 is 0 Å². The van der Waals surface area contributed by atoms with Crippen molar-refractivity contribution in [3.05, 3.63) is 30.1 Å². The van der Waals surface area contributed by atoms with Gasteiger partial charge in [0.15, 0.2) is 0 Å². The van der Waals surface area contributed by atoms with Crippen LogP contribution in [0, 0.1) is 11.7 Å². The molecular weight excluding hydrogens is 347 g/mol. The number of likely N-dealkylation sites (tertiary alicyclic amines) is 1. The first-order valence-electron chi connectivity index (χ1n) is 8.65. The molecule has 3 saturated heterocycles. The van der Waals surface area contributed by atoms with E-state index in [0.29, 0.717) is 6.42 Å². The van der Waals surface area contributed by atoms with Crippen molar-refractivity contribution in [2.24, 2.45) is 5.92 Å². The number of benzene rings is 1. The molecule has 8 heteroatoms. The minimum atomic E-state index is -3.71. The standard InChI is InChI=1S/C17H21FN2O4S/c18-12-3-5-14(6-4-12)25(22,23)20-10-13-9-15(16(11-20)24-13)17(21)19-7-1-2-8-19/h3-6,13,15-16H,1-2,7-11H2/t13-,15+,16-/m0/s1. The van der Waals surface area contributed by atoms with Gasteiger partial charge in [-0.1, -0.05) is 0 Å². The number of rotatable bonds is 3. The number of morpholine rings is 1. The Hall–Kier alpha value is -1.51. The second-order valence-corrected chi connectivity index (χ2v) is 8.89. The van der Waals surface area contributed by atoms with Crippen LogP contribution < -0.4 is 0 Å². The molecule has 3 aliphatic heterocycles. The quantitative estimate of drug-likeness (QED) is 0.805. The van der Waals surface area contributed by atoms with Crippen LogP contribution in [-0.4, -0.2) is 61.9 Å². The van der Waals surface area contributed by atoms with Crippen molar-refractivity contribution in [1.82, 2.24) is 9.21 Å². The molecule has 136 valence electrons. The summed E-state index contributed by atoms with van der Waals surface area (Å²) in [5.41, 5.74) is 0. The van der Waals surface area contributed by atoms with Crippen molar-refractivity contribution < 1.29 is 22.3 Å². The highest BCUT2D eigenvalue weighted by molar-refractivity contribution is 7.89. The van der Waals surface area contributed by atoms with Crippen LogP contribution in [0.1, 0.15) is 19.3 Å². The number of carbonyl (C=O) groups is 1. The summed E-state index contributed by atoms with van der Waals surface area (Å²) in [4.78, 5) is 14.6. The predicted octanol–water partition coefficient (Wildman–Crippen LogP) is 1.23. The number of nitrogens with zero attached hydrogens (tertiary/aromatic N) is 2. The van der Waals surface area contributed by atoms with Gasteiger partial charge in [-0.15, -0.1) is 0 Å². The number of amides is 1. The Bertz CT molecular complexity index is 761. The third-order valence-electron chi connectivity index (χ3n) is 5.31. The van der Waals surface area contributed by atoms with Gasteiger partial charge in [0.05, 0.1) is 23.0 Å². The van der Waals surface area contributed by atoms with E-state index in [1.54, 1.807) is 0 Å². The van der Waals surface area contributed by atoms with Crippen LogP contribution in [0.15, 0.2) is 29.2 Å². The highest BCUT2D eigenvalue weighted by Crippen LogP contribution is 2.35. The lowest BCUT2D eigenvalue weighted by atomic mass is 9.99. The van der Waals surface area contributed by atoms with Gasteiger partial charge in [0, 0.05) is 26.2 Å². The number of carbonyl (C=O) groups excluding carboxylic acids is 1. The van der Waals surface area contributed by atoms with E-state index < -0.39 is 21.9 Å². The van der Waals surface area contributed by atoms with E-state index in [1.165, 1.54) is 16.4 Å². The summed E-state index contributed by atoms with van der Waals surface area (Å²) >= 11 is 0. The molecule has 3 aliphatic rings. The van der Waals surface area contributed by atoms with E-state index in [-0.39, 0.29) is 35.9 Å². The summed E-state index contributed by atoms with van der Waals surface area (Å²) in [7, 11) is -3.71. The molecule has 1 aromatic carbocycles. The molecule has 4 rings (SSSR count). The van der Waals surface area contributed by atoms with Crippen molar-refractivity contribution in [3.63, 3.8) is 0 Å². The van der Waals surface area contributed by atoms with E-state index in [4.69, 9.17) is 4.74 Å². The van der Waals surface area contributed by atoms with Crippen molar-refractivity contribution in [2.75, 3.05) is 26.2 Å². The molecule has 3 heterocycles. The molecule has 1 aromatic rings. The SMILES string of the molecule is O=C([C@@H]1C[C@H]2CN(S(=O)(=O)c3ccc(F)cc3)C[C@@H]1O2)N1CCCC1. The van der Waals surface area contributed by atoms with E-state index >= 15 is 0 Å². The van der Waals surface area contributed by atoms with Crippen molar-refractivity contribution in [2.45, 2.75) is 36.4 Å². The Kier molecular flexibility index (Phi) is 4.29. The van der Waals surface area contributed by atoms with Crippen LogP contribution in [0.4, 0.5) is 4.39 Å². The fourth-order valence-electron chi connectivity index (χ4n) is 4.01. The van der Waals surface area contributed by atoms with Gasteiger partial charge in [-0.05, 0) is 43.5 Å². The van der Waals surface area contributed by atoms with Crippen molar-refractivity contribution in [1.29, 1.82) is 0 Å². The Morgan fingerprint density at radius 3 is 2.48 bits per heavy atom. The molecule has 0 aliphatic carbocycles. The maximum Gasteiger partial charge on any atom is 0.243 e. The number of fused-ring (bicyclic) bond motifs is 2. The highest BCUT2D eigenvalue weighted by atomic mass is 32.2. The average Bonchev–Trinajstić information content (AvgIpc) is 3.22. The average molecular weight is 368 g/mol. The zero-order valence-electron chi connectivity index (χ0n) is 13.8. The summed E-state index contributed by atoms with van der Waals surface area (Å²) < 4.78 is 45.9. The van der Waals surface area contributed by atoms with Crippen molar-refractivity contribution in [3.8, 4) is 0 Å². The maximum absolute atomic E-state index is 13.1. The lowest BCUT2D eigenvalue weighted by molar-refractivity contribution is -0.136. The Morgan fingerprint density at radius 2 is 1.80 bits per heavy atom. The fourth-order valence-corrected chi connectivity index (χ4v) is 5.49. The first kappa shape index (κ1) is 16.9. The predicted molar refractivity (Wildman–Crippen MR) is 87.7 cm³/mol. The zero-order valence-corrected chi connectivity index (χ0v) is 14.6. The molecule has 0 N–H and O–H groups in total. The van der Waals surface area contributed by atoms with Gasteiger partial charge >= 0.3 is 0 Å². The topological polar surface area (TPSA) is 66.9 Å². The summed E-state index contributed by atoms with van der Waals surface area (Å²) in [6.45, 7) is 1.97. The molecular formula is C17H21FN2O4S. The molecule has 0 radical (unpaired) electrons.